The Labute approximate surface area is 194 Å². The van der Waals surface area contributed by atoms with Crippen LogP contribution >= 0.6 is 15.9 Å². The molecule has 0 saturated carbocycles. The van der Waals surface area contributed by atoms with Crippen LogP contribution in [0.2, 0.25) is 0 Å². The molecule has 5 nitrogen and oxygen atoms in total. The zero-order valence-electron chi connectivity index (χ0n) is 19.1. The summed E-state index contributed by atoms with van der Waals surface area (Å²) in [5.41, 5.74) is 4.20. The van der Waals surface area contributed by atoms with Crippen molar-refractivity contribution in [2.45, 2.75) is 60.0 Å². The maximum atomic E-state index is 13.2. The fourth-order valence-electron chi connectivity index (χ4n) is 3.51. The zero-order chi connectivity index (χ0) is 23.0. The lowest BCUT2D eigenvalue weighted by molar-refractivity contribution is -0.143. The Kier molecular flexibility index (Phi) is 9.56. The number of halogens is 1. The smallest absolute Gasteiger partial charge is 0.261 e. The van der Waals surface area contributed by atoms with Gasteiger partial charge in [-0.2, -0.15) is 0 Å². The van der Waals surface area contributed by atoms with Gasteiger partial charge in [0.2, 0.25) is 5.91 Å². The minimum Gasteiger partial charge on any atom is -0.484 e. The molecule has 0 aliphatic carbocycles. The first kappa shape index (κ1) is 24.9. The lowest BCUT2D eigenvalue weighted by Gasteiger charge is -2.30. The molecule has 0 aliphatic rings. The van der Waals surface area contributed by atoms with Crippen LogP contribution in [0.3, 0.4) is 0 Å². The summed E-state index contributed by atoms with van der Waals surface area (Å²) in [6, 6.07) is 11.3. The van der Waals surface area contributed by atoms with Crippen LogP contribution in [-0.2, 0) is 16.1 Å². The van der Waals surface area contributed by atoms with Gasteiger partial charge in [-0.3, -0.25) is 9.59 Å². The average molecular weight is 489 g/mol. The molecule has 168 valence electrons. The van der Waals surface area contributed by atoms with E-state index in [1.165, 1.54) is 0 Å². The molecule has 0 heterocycles. The molecule has 0 radical (unpaired) electrons. The topological polar surface area (TPSA) is 58.6 Å². The number of hydrogen-bond donors (Lipinski definition) is 1. The quantitative estimate of drug-likeness (QED) is 0.506. The number of ether oxygens (including phenoxy) is 1. The second-order valence-corrected chi connectivity index (χ2v) is 8.68. The van der Waals surface area contributed by atoms with Gasteiger partial charge >= 0.3 is 0 Å². The monoisotopic (exact) mass is 488 g/mol. The molecule has 2 rings (SSSR count). The van der Waals surface area contributed by atoms with Gasteiger partial charge in [0, 0.05) is 17.6 Å². The predicted molar refractivity (Wildman–Crippen MR) is 128 cm³/mol. The highest BCUT2D eigenvalue weighted by molar-refractivity contribution is 9.10. The first-order valence-corrected chi connectivity index (χ1v) is 11.6. The van der Waals surface area contributed by atoms with Gasteiger partial charge < -0.3 is 15.0 Å². The van der Waals surface area contributed by atoms with Crippen LogP contribution < -0.4 is 10.1 Å². The molecule has 0 bridgehead atoms. The number of carbonyl (C=O) groups excluding carboxylic acids is 2. The number of nitrogens with one attached hydrogen (secondary N) is 1. The SMILES string of the molecule is CCCNC(=O)C(CC)N(Cc1cccc(C)c1)C(=O)COc1cc(C)c(Br)c(C)c1. The van der Waals surface area contributed by atoms with E-state index in [1.54, 1.807) is 4.90 Å². The third-order valence-corrected chi connectivity index (χ3v) is 6.39. The van der Waals surface area contributed by atoms with Gasteiger partial charge in [0.05, 0.1) is 0 Å². The lowest BCUT2D eigenvalue weighted by Crippen LogP contribution is -2.50. The first-order chi connectivity index (χ1) is 14.8. The van der Waals surface area contributed by atoms with E-state index in [1.807, 2.05) is 71.0 Å². The summed E-state index contributed by atoms with van der Waals surface area (Å²) in [5, 5.41) is 2.93. The molecule has 0 saturated heterocycles. The number of aryl methyl sites for hydroxylation is 3. The van der Waals surface area contributed by atoms with Crippen molar-refractivity contribution >= 4 is 27.7 Å². The van der Waals surface area contributed by atoms with Crippen molar-refractivity contribution in [3.05, 3.63) is 63.1 Å². The van der Waals surface area contributed by atoms with E-state index in [2.05, 4.69) is 21.2 Å². The molecule has 2 aromatic carbocycles. The summed E-state index contributed by atoms with van der Waals surface area (Å²) in [5.74, 6) is 0.310. The largest absolute Gasteiger partial charge is 0.484 e. The van der Waals surface area contributed by atoms with E-state index >= 15 is 0 Å². The number of rotatable bonds is 10. The zero-order valence-corrected chi connectivity index (χ0v) is 20.7. The Morgan fingerprint density at radius 3 is 2.35 bits per heavy atom. The Hall–Kier alpha value is -2.34. The van der Waals surface area contributed by atoms with Crippen LogP contribution in [0.25, 0.3) is 0 Å². The number of carbonyl (C=O) groups is 2. The van der Waals surface area contributed by atoms with Crippen LogP contribution in [0, 0.1) is 20.8 Å². The van der Waals surface area contributed by atoms with Crippen LogP contribution in [0.4, 0.5) is 0 Å². The number of benzene rings is 2. The summed E-state index contributed by atoms with van der Waals surface area (Å²) >= 11 is 3.55. The third-order valence-electron chi connectivity index (χ3n) is 5.14. The average Bonchev–Trinajstić information content (AvgIpc) is 2.74. The fraction of sp³-hybridized carbons (Fsp3) is 0.440. The number of nitrogens with zero attached hydrogens (tertiary/aromatic N) is 1. The normalized spacial score (nSPS) is 11.7. The van der Waals surface area contributed by atoms with E-state index in [9.17, 15) is 9.59 Å². The molecule has 0 fully saturated rings. The standard InChI is InChI=1S/C25H33BrN2O3/c1-6-11-27-25(30)22(7-2)28(15-20-10-8-9-17(3)12-20)23(29)16-31-21-13-18(4)24(26)19(5)14-21/h8-10,12-14,22H,6-7,11,15-16H2,1-5H3,(H,27,30). The molecule has 1 unspecified atom stereocenters. The number of amides is 2. The summed E-state index contributed by atoms with van der Waals surface area (Å²) in [7, 11) is 0. The van der Waals surface area contributed by atoms with Gasteiger partial charge in [0.15, 0.2) is 6.61 Å². The summed E-state index contributed by atoms with van der Waals surface area (Å²) in [4.78, 5) is 27.7. The maximum absolute atomic E-state index is 13.2. The third kappa shape index (κ3) is 7.10. The minimum absolute atomic E-state index is 0.121. The number of hydrogen-bond acceptors (Lipinski definition) is 3. The van der Waals surface area contributed by atoms with Crippen molar-refractivity contribution in [3.63, 3.8) is 0 Å². The van der Waals surface area contributed by atoms with Gasteiger partial charge in [0.1, 0.15) is 11.8 Å². The molecular formula is C25H33BrN2O3. The van der Waals surface area contributed by atoms with Crippen molar-refractivity contribution in [2.24, 2.45) is 0 Å². The first-order valence-electron chi connectivity index (χ1n) is 10.8. The minimum atomic E-state index is -0.545. The Morgan fingerprint density at radius 2 is 1.77 bits per heavy atom. The van der Waals surface area contributed by atoms with Crippen LogP contribution in [0.15, 0.2) is 40.9 Å². The Bertz CT molecular complexity index is 890. The van der Waals surface area contributed by atoms with E-state index in [0.29, 0.717) is 25.3 Å². The van der Waals surface area contributed by atoms with Crippen molar-refractivity contribution in [2.75, 3.05) is 13.2 Å². The van der Waals surface area contributed by atoms with Crippen molar-refractivity contribution in [1.29, 1.82) is 0 Å². The molecule has 2 amide bonds. The highest BCUT2D eigenvalue weighted by Crippen LogP contribution is 2.26. The Balaban J connectivity index is 2.23. The summed E-state index contributed by atoms with van der Waals surface area (Å²) in [6.07, 6.45) is 1.38. The Morgan fingerprint density at radius 1 is 1.10 bits per heavy atom. The molecule has 0 aliphatic heterocycles. The molecule has 0 aromatic heterocycles. The molecule has 6 heteroatoms. The lowest BCUT2D eigenvalue weighted by atomic mass is 10.1. The molecule has 2 aromatic rings. The van der Waals surface area contributed by atoms with Gasteiger partial charge in [-0.15, -0.1) is 0 Å². The van der Waals surface area contributed by atoms with Crippen molar-refractivity contribution < 1.29 is 14.3 Å². The van der Waals surface area contributed by atoms with Crippen molar-refractivity contribution in [3.8, 4) is 5.75 Å². The molecule has 31 heavy (non-hydrogen) atoms. The molecule has 1 N–H and O–H groups in total. The van der Waals surface area contributed by atoms with Crippen molar-refractivity contribution in [1.82, 2.24) is 10.2 Å². The van der Waals surface area contributed by atoms with E-state index < -0.39 is 6.04 Å². The second kappa shape index (κ2) is 11.9. The van der Waals surface area contributed by atoms with Gasteiger partial charge in [-0.1, -0.05) is 59.6 Å². The second-order valence-electron chi connectivity index (χ2n) is 7.89. The molecule has 0 spiro atoms. The fourth-order valence-corrected chi connectivity index (χ4v) is 3.74. The van der Waals surface area contributed by atoms with E-state index in [0.717, 1.165) is 33.1 Å². The highest BCUT2D eigenvalue weighted by atomic mass is 79.9. The maximum Gasteiger partial charge on any atom is 0.261 e. The summed E-state index contributed by atoms with van der Waals surface area (Å²) < 4.78 is 6.87. The van der Waals surface area contributed by atoms with Gasteiger partial charge in [0.25, 0.3) is 5.91 Å². The van der Waals surface area contributed by atoms with E-state index in [-0.39, 0.29) is 18.4 Å². The molecule has 1 atom stereocenters. The van der Waals surface area contributed by atoms with Gasteiger partial charge in [-0.25, -0.2) is 0 Å². The van der Waals surface area contributed by atoms with Crippen LogP contribution in [-0.4, -0.2) is 35.9 Å². The highest BCUT2D eigenvalue weighted by Gasteiger charge is 2.28. The predicted octanol–water partition coefficient (Wildman–Crippen LogP) is 5.09. The van der Waals surface area contributed by atoms with E-state index in [4.69, 9.17) is 4.74 Å². The molecular weight excluding hydrogens is 456 g/mol. The van der Waals surface area contributed by atoms with Crippen LogP contribution in [0.1, 0.15) is 48.9 Å². The summed E-state index contributed by atoms with van der Waals surface area (Å²) in [6.45, 7) is 10.8. The van der Waals surface area contributed by atoms with Gasteiger partial charge in [-0.05, 0) is 62.4 Å². The van der Waals surface area contributed by atoms with Crippen LogP contribution in [0.5, 0.6) is 5.75 Å².